The number of benzene rings is 2. The molecule has 2 aliphatic heterocycles. The summed E-state index contributed by atoms with van der Waals surface area (Å²) in [4.78, 5) is 32.4. The van der Waals surface area contributed by atoms with Crippen LogP contribution < -0.4 is 9.80 Å². The highest BCUT2D eigenvalue weighted by atomic mass is 19.1. The van der Waals surface area contributed by atoms with Gasteiger partial charge < -0.3 is 19.4 Å². The summed E-state index contributed by atoms with van der Waals surface area (Å²) in [6.07, 6.45) is 3.80. The molecular weight excluding hydrogens is 537 g/mol. The van der Waals surface area contributed by atoms with E-state index in [1.807, 2.05) is 39.0 Å². The number of aryl methyl sites for hydroxylation is 1. The first-order valence-electron chi connectivity index (χ1n) is 14.6. The summed E-state index contributed by atoms with van der Waals surface area (Å²) in [5.41, 5.74) is 3.94. The van der Waals surface area contributed by atoms with E-state index in [9.17, 15) is 4.79 Å². The third kappa shape index (κ3) is 5.29. The number of fused-ring (bicyclic) bond motifs is 1. The van der Waals surface area contributed by atoms with Crippen LogP contribution in [0.15, 0.2) is 41.2 Å². The van der Waals surface area contributed by atoms with Gasteiger partial charge in [-0.05, 0) is 61.6 Å². The van der Waals surface area contributed by atoms with E-state index in [4.69, 9.17) is 9.63 Å². The third-order valence-corrected chi connectivity index (χ3v) is 8.27. The van der Waals surface area contributed by atoms with Crippen LogP contribution in [0.25, 0.3) is 22.0 Å². The molecule has 0 bridgehead atoms. The fourth-order valence-electron chi connectivity index (χ4n) is 5.99. The number of nitrogens with zero attached hydrogens (tertiary/aromatic N) is 7. The molecule has 0 radical (unpaired) electrons. The van der Waals surface area contributed by atoms with Crippen molar-refractivity contribution < 1.29 is 18.8 Å². The van der Waals surface area contributed by atoms with Crippen molar-refractivity contribution in [3.8, 4) is 11.1 Å². The Balaban J connectivity index is 1.25. The summed E-state index contributed by atoms with van der Waals surface area (Å²) in [5, 5.41) is 14.0. The zero-order valence-corrected chi connectivity index (χ0v) is 24.3. The largest absolute Gasteiger partial charge is 0.396 e. The van der Waals surface area contributed by atoms with E-state index < -0.39 is 0 Å². The lowest BCUT2D eigenvalue weighted by Gasteiger charge is -2.32. The molecule has 2 amide bonds. The molecule has 2 aliphatic rings. The van der Waals surface area contributed by atoms with Crippen LogP contribution in [0.4, 0.5) is 20.7 Å². The van der Waals surface area contributed by atoms with Crippen LogP contribution in [0.5, 0.6) is 0 Å². The number of aliphatic hydroxyl groups excluding tert-OH is 1. The van der Waals surface area contributed by atoms with Crippen molar-refractivity contribution in [3.05, 3.63) is 59.8 Å². The van der Waals surface area contributed by atoms with E-state index in [1.165, 1.54) is 12.1 Å². The molecule has 2 aromatic carbocycles. The van der Waals surface area contributed by atoms with Gasteiger partial charge in [0.1, 0.15) is 18.0 Å². The Morgan fingerprint density at radius 3 is 2.62 bits per heavy atom. The maximum absolute atomic E-state index is 15.1. The van der Waals surface area contributed by atoms with E-state index in [0.29, 0.717) is 54.2 Å². The molecule has 0 aliphatic carbocycles. The van der Waals surface area contributed by atoms with Crippen LogP contribution in [-0.4, -0.2) is 75.5 Å². The molecular formula is C31H36FN7O3. The molecule has 220 valence electrons. The fraction of sp³-hybridized carbons (Fsp3) is 0.452. The quantitative estimate of drug-likeness (QED) is 0.304. The van der Waals surface area contributed by atoms with Gasteiger partial charge in [0.25, 0.3) is 0 Å². The highest BCUT2D eigenvalue weighted by Crippen LogP contribution is 2.37. The SMILES string of the molecule is Cc1cc(-c2cc(F)cc3c(N4CCC(c5noc(C(C)C)n5)CC4)ncnc23)ccc1N1CCN(CCCO)C1=O. The topological polar surface area (TPSA) is 112 Å². The predicted octanol–water partition coefficient (Wildman–Crippen LogP) is 5.26. The predicted molar refractivity (Wildman–Crippen MR) is 158 cm³/mol. The average molecular weight is 574 g/mol. The van der Waals surface area contributed by atoms with E-state index in [-0.39, 0.29) is 30.3 Å². The Hall–Kier alpha value is -4.12. The van der Waals surface area contributed by atoms with Crippen molar-refractivity contribution in [3.63, 3.8) is 0 Å². The van der Waals surface area contributed by atoms with Gasteiger partial charge in [-0.15, -0.1) is 0 Å². The van der Waals surface area contributed by atoms with Gasteiger partial charge in [0, 0.05) is 67.8 Å². The number of urea groups is 1. The zero-order chi connectivity index (χ0) is 29.4. The molecule has 0 spiro atoms. The number of hydrogen-bond acceptors (Lipinski definition) is 8. The maximum Gasteiger partial charge on any atom is 0.324 e. The molecule has 0 unspecified atom stereocenters. The first kappa shape index (κ1) is 28.0. The molecule has 11 heteroatoms. The highest BCUT2D eigenvalue weighted by molar-refractivity contribution is 6.00. The minimum absolute atomic E-state index is 0.0576. The molecule has 0 saturated carbocycles. The summed E-state index contributed by atoms with van der Waals surface area (Å²) >= 11 is 0. The van der Waals surface area contributed by atoms with E-state index in [1.54, 1.807) is 16.1 Å². The van der Waals surface area contributed by atoms with Gasteiger partial charge in [-0.2, -0.15) is 4.98 Å². The number of halogens is 1. The molecule has 42 heavy (non-hydrogen) atoms. The number of rotatable bonds is 8. The molecule has 6 rings (SSSR count). The van der Waals surface area contributed by atoms with Gasteiger partial charge in [0.2, 0.25) is 5.89 Å². The van der Waals surface area contributed by atoms with Gasteiger partial charge in [-0.3, -0.25) is 4.90 Å². The van der Waals surface area contributed by atoms with Crippen molar-refractivity contribution in [2.45, 2.75) is 51.9 Å². The minimum Gasteiger partial charge on any atom is -0.396 e. The van der Waals surface area contributed by atoms with Gasteiger partial charge >= 0.3 is 6.03 Å². The lowest BCUT2D eigenvalue weighted by atomic mass is 9.95. The normalized spacial score (nSPS) is 16.4. The number of carbonyl (C=O) groups is 1. The number of carbonyl (C=O) groups excluding carboxylic acids is 1. The summed E-state index contributed by atoms with van der Waals surface area (Å²) in [5.74, 6) is 2.18. The second kappa shape index (κ2) is 11.6. The highest BCUT2D eigenvalue weighted by Gasteiger charge is 2.30. The van der Waals surface area contributed by atoms with Gasteiger partial charge in [-0.1, -0.05) is 25.1 Å². The second-order valence-corrected chi connectivity index (χ2v) is 11.5. The average Bonchev–Trinajstić information content (AvgIpc) is 3.63. The van der Waals surface area contributed by atoms with Crippen LogP contribution in [-0.2, 0) is 0 Å². The first-order valence-corrected chi connectivity index (χ1v) is 14.6. The smallest absolute Gasteiger partial charge is 0.324 e. The number of aromatic nitrogens is 4. The van der Waals surface area contributed by atoms with Crippen molar-refractivity contribution in [1.29, 1.82) is 0 Å². The van der Waals surface area contributed by atoms with Gasteiger partial charge in [0.05, 0.1) is 5.52 Å². The summed E-state index contributed by atoms with van der Waals surface area (Å²) in [6.45, 7) is 9.31. The molecule has 4 aromatic rings. The second-order valence-electron chi connectivity index (χ2n) is 11.5. The summed E-state index contributed by atoms with van der Waals surface area (Å²) in [7, 11) is 0. The number of hydrogen-bond donors (Lipinski definition) is 1. The first-order chi connectivity index (χ1) is 20.3. The number of amides is 2. The Bertz CT molecular complexity index is 1600. The third-order valence-electron chi connectivity index (χ3n) is 8.27. The Morgan fingerprint density at radius 2 is 1.90 bits per heavy atom. The number of aliphatic hydroxyl groups is 1. The maximum atomic E-state index is 15.1. The molecule has 2 saturated heterocycles. The lowest BCUT2D eigenvalue weighted by Crippen LogP contribution is -2.34. The van der Waals surface area contributed by atoms with E-state index in [2.05, 4.69) is 25.0 Å². The molecule has 10 nitrogen and oxygen atoms in total. The van der Waals surface area contributed by atoms with Crippen LogP contribution in [0.2, 0.25) is 0 Å². The standard InChI is InChI=1S/C31H36FN7O3/c1-19(2)30-35-28(36-42-30)21-7-10-37(11-8-21)29-25-17-23(32)16-24(27(25)33-18-34-29)22-5-6-26(20(3)15-22)39-13-12-38(31(39)41)9-4-14-40/h5-6,15-19,21,40H,4,7-14H2,1-3H3. The summed E-state index contributed by atoms with van der Waals surface area (Å²) < 4.78 is 20.5. The minimum atomic E-state index is -0.354. The number of anilines is 2. The van der Waals surface area contributed by atoms with Crippen LogP contribution >= 0.6 is 0 Å². The van der Waals surface area contributed by atoms with Crippen molar-refractivity contribution in [1.82, 2.24) is 25.0 Å². The van der Waals surface area contributed by atoms with Crippen LogP contribution in [0.1, 0.15) is 62.2 Å². The molecule has 0 atom stereocenters. The number of piperidine rings is 1. The van der Waals surface area contributed by atoms with Crippen molar-refractivity contribution >= 4 is 28.4 Å². The molecule has 4 heterocycles. The zero-order valence-electron chi connectivity index (χ0n) is 24.3. The van der Waals surface area contributed by atoms with E-state index >= 15 is 4.39 Å². The van der Waals surface area contributed by atoms with E-state index in [0.717, 1.165) is 48.6 Å². The van der Waals surface area contributed by atoms with Crippen LogP contribution in [0, 0.1) is 12.7 Å². The fourth-order valence-corrected chi connectivity index (χ4v) is 5.99. The van der Waals surface area contributed by atoms with Crippen LogP contribution in [0.3, 0.4) is 0 Å². The Kier molecular flexibility index (Phi) is 7.76. The molecule has 2 fully saturated rings. The summed E-state index contributed by atoms with van der Waals surface area (Å²) in [6, 6.07) is 8.79. The van der Waals surface area contributed by atoms with Crippen molar-refractivity contribution in [2.75, 3.05) is 49.1 Å². The van der Waals surface area contributed by atoms with Gasteiger partial charge in [0.15, 0.2) is 5.82 Å². The monoisotopic (exact) mass is 573 g/mol. The lowest BCUT2D eigenvalue weighted by molar-refractivity contribution is 0.211. The Morgan fingerprint density at radius 1 is 1.10 bits per heavy atom. The van der Waals surface area contributed by atoms with Crippen molar-refractivity contribution in [2.24, 2.45) is 0 Å². The molecule has 1 N–H and O–H groups in total. The Labute approximate surface area is 244 Å². The van der Waals surface area contributed by atoms with Gasteiger partial charge in [-0.25, -0.2) is 19.2 Å². The molecule has 2 aromatic heterocycles.